The predicted octanol–water partition coefficient (Wildman–Crippen LogP) is 0.983. The molecule has 0 spiro atoms. The molecular weight excluding hydrogens is 209 g/mol. The van der Waals surface area contributed by atoms with E-state index in [9.17, 15) is 0 Å². The van der Waals surface area contributed by atoms with Gasteiger partial charge in [0, 0.05) is 38.2 Å². The van der Waals surface area contributed by atoms with E-state index in [1.54, 1.807) is 0 Å². The molecule has 5 heavy (non-hydrogen) atoms. The molecule has 0 aromatic rings. The average molecular weight is 216 g/mol. The minimum Gasteiger partial charge on any atom is -0.0889 e. The minimum absolute atomic E-state index is 0. The van der Waals surface area contributed by atoms with E-state index in [4.69, 9.17) is 7.85 Å². The molecule has 0 amide bonds. The third kappa shape index (κ3) is 10.9. The molecule has 0 aliphatic heterocycles. The van der Waals surface area contributed by atoms with Gasteiger partial charge in [0.25, 0.3) is 0 Å². The maximum Gasteiger partial charge on any atom is 0.0652 e. The van der Waals surface area contributed by atoms with Gasteiger partial charge in [-0.3, -0.25) is 0 Å². The first-order valence-corrected chi connectivity index (χ1v) is 1.62. The molecule has 0 aromatic heterocycles. The zero-order valence-electron chi connectivity index (χ0n) is 3.31. The van der Waals surface area contributed by atoms with E-state index in [0.29, 0.717) is 0 Å². The van der Waals surface area contributed by atoms with Crippen LogP contribution >= 0.6 is 0 Å². The zero-order valence-corrected chi connectivity index (χ0v) is 5.34. The third-order valence-electron chi connectivity index (χ3n) is 0.289. The summed E-state index contributed by atoms with van der Waals surface area (Å²) in [6.07, 6.45) is 1.92. The largest absolute Gasteiger partial charge is 0.0889 e. The van der Waals surface area contributed by atoms with Gasteiger partial charge in [-0.15, -0.1) is 0 Å². The molecular formula is C3H7BDy. The van der Waals surface area contributed by atoms with Gasteiger partial charge in [-0.25, -0.2) is 0 Å². The molecule has 2 heteroatoms. The van der Waals surface area contributed by atoms with Gasteiger partial charge < -0.3 is 0 Å². The summed E-state index contributed by atoms with van der Waals surface area (Å²) in [6, 6.07) is 0. The fraction of sp³-hybridized carbons (Fsp3) is 1.00. The molecule has 0 unspecified atom stereocenters. The first-order chi connectivity index (χ1) is 1.91. The van der Waals surface area contributed by atoms with Gasteiger partial charge in [-0.05, 0) is 0 Å². The van der Waals surface area contributed by atoms with Crippen LogP contribution in [0.5, 0.6) is 0 Å². The molecule has 0 saturated carbocycles. The Balaban J connectivity index is 0. The molecule has 0 aromatic carbocycles. The topological polar surface area (TPSA) is 0 Å². The molecule has 0 fully saturated rings. The SMILES string of the molecule is [B]CCC.[Dy]. The molecule has 0 heterocycles. The maximum atomic E-state index is 5.03. The van der Waals surface area contributed by atoms with Crippen molar-refractivity contribution in [3.05, 3.63) is 0 Å². The first kappa shape index (κ1) is 9.60. The van der Waals surface area contributed by atoms with Crippen molar-refractivity contribution in [3.8, 4) is 0 Å². The van der Waals surface area contributed by atoms with Crippen LogP contribution in [0, 0.1) is 38.2 Å². The van der Waals surface area contributed by atoms with Crippen LogP contribution in [0.15, 0.2) is 0 Å². The maximum absolute atomic E-state index is 5.03. The van der Waals surface area contributed by atoms with Gasteiger partial charge in [-0.2, -0.15) is 0 Å². The zero-order chi connectivity index (χ0) is 3.41. The molecule has 32 valence electrons. The Morgan fingerprint density at radius 1 is 1.60 bits per heavy atom. The van der Waals surface area contributed by atoms with Crippen molar-refractivity contribution < 1.29 is 38.2 Å². The monoisotopic (exact) mass is 218 g/mol. The molecule has 0 saturated heterocycles. The molecule has 2 radical (unpaired) electrons. The van der Waals surface area contributed by atoms with Crippen LogP contribution < -0.4 is 0 Å². The molecule has 0 N–H and O–H groups in total. The van der Waals surface area contributed by atoms with Crippen LogP contribution in [-0.4, -0.2) is 7.85 Å². The summed E-state index contributed by atoms with van der Waals surface area (Å²) in [5.74, 6) is 0. The predicted molar refractivity (Wildman–Crippen MR) is 20.9 cm³/mol. The Morgan fingerprint density at radius 2 is 1.80 bits per heavy atom. The summed E-state index contributed by atoms with van der Waals surface area (Å²) in [5.41, 5.74) is 0. The van der Waals surface area contributed by atoms with Gasteiger partial charge >= 0.3 is 0 Å². The Kier molecular flexibility index (Phi) is 17.3. The van der Waals surface area contributed by atoms with Crippen LogP contribution in [0.4, 0.5) is 0 Å². The summed E-state index contributed by atoms with van der Waals surface area (Å²) >= 11 is 0. The van der Waals surface area contributed by atoms with E-state index in [0.717, 1.165) is 12.7 Å². The van der Waals surface area contributed by atoms with E-state index in [1.165, 1.54) is 0 Å². The van der Waals surface area contributed by atoms with Crippen LogP contribution in [0.25, 0.3) is 0 Å². The summed E-state index contributed by atoms with van der Waals surface area (Å²) < 4.78 is 0. The Labute approximate surface area is 65.1 Å². The Bertz CT molecular complexity index is 8.85. The quantitative estimate of drug-likeness (QED) is 0.573. The third-order valence-corrected chi connectivity index (χ3v) is 0.289. The summed E-state index contributed by atoms with van der Waals surface area (Å²) in [6.45, 7) is 2.06. The normalized spacial score (nSPS) is 5.80. The number of hydrogen-bond donors (Lipinski definition) is 0. The number of rotatable bonds is 1. The Morgan fingerprint density at radius 3 is 1.80 bits per heavy atom. The summed E-state index contributed by atoms with van der Waals surface area (Å²) in [7, 11) is 5.03. The fourth-order valence-corrected chi connectivity index (χ4v) is 0. The van der Waals surface area contributed by atoms with E-state index < -0.39 is 0 Å². The van der Waals surface area contributed by atoms with E-state index in [1.807, 2.05) is 0 Å². The second kappa shape index (κ2) is 9.02. The second-order valence-electron chi connectivity index (χ2n) is 0.789. The first-order valence-electron chi connectivity index (χ1n) is 1.62. The van der Waals surface area contributed by atoms with Crippen molar-refractivity contribution >= 4 is 7.85 Å². The molecule has 0 atom stereocenters. The standard InChI is InChI=1S/C3H7B.Dy/c1-2-3-4;/h2-3H2,1H3;. The summed E-state index contributed by atoms with van der Waals surface area (Å²) in [4.78, 5) is 0. The number of hydrogen-bond acceptors (Lipinski definition) is 0. The molecule has 0 rings (SSSR count). The van der Waals surface area contributed by atoms with Gasteiger partial charge in [-0.1, -0.05) is 19.7 Å². The van der Waals surface area contributed by atoms with Gasteiger partial charge in [0.05, 0.1) is 7.85 Å². The van der Waals surface area contributed by atoms with Crippen LogP contribution in [0.2, 0.25) is 6.32 Å². The molecule has 0 nitrogen and oxygen atoms in total. The molecule has 0 aliphatic carbocycles. The van der Waals surface area contributed by atoms with Gasteiger partial charge in [0.1, 0.15) is 0 Å². The van der Waals surface area contributed by atoms with Gasteiger partial charge in [0.15, 0.2) is 0 Å². The molecule has 0 bridgehead atoms. The van der Waals surface area contributed by atoms with Crippen molar-refractivity contribution in [2.45, 2.75) is 19.7 Å². The van der Waals surface area contributed by atoms with Crippen molar-refractivity contribution in [3.63, 3.8) is 0 Å². The average Bonchev–Trinajstić information content (AvgIpc) is 1.37. The Hall–Kier alpha value is 1.34. The van der Waals surface area contributed by atoms with Crippen LogP contribution in [0.3, 0.4) is 0 Å². The van der Waals surface area contributed by atoms with E-state index in [2.05, 4.69) is 6.92 Å². The fourth-order valence-electron chi connectivity index (χ4n) is 0. The van der Waals surface area contributed by atoms with Crippen molar-refractivity contribution in [2.24, 2.45) is 0 Å². The van der Waals surface area contributed by atoms with E-state index in [-0.39, 0.29) is 38.2 Å². The summed E-state index contributed by atoms with van der Waals surface area (Å²) in [5, 5.41) is 0. The van der Waals surface area contributed by atoms with Crippen molar-refractivity contribution in [1.82, 2.24) is 0 Å². The molecule has 0 aliphatic rings. The van der Waals surface area contributed by atoms with Crippen LogP contribution in [-0.2, 0) is 0 Å². The van der Waals surface area contributed by atoms with Crippen LogP contribution in [0.1, 0.15) is 13.3 Å². The van der Waals surface area contributed by atoms with Gasteiger partial charge in [0.2, 0.25) is 0 Å². The smallest absolute Gasteiger partial charge is 0.0652 e. The van der Waals surface area contributed by atoms with Crippen molar-refractivity contribution in [1.29, 1.82) is 0 Å². The minimum atomic E-state index is 0. The van der Waals surface area contributed by atoms with E-state index >= 15 is 0 Å². The van der Waals surface area contributed by atoms with Crippen molar-refractivity contribution in [2.75, 3.05) is 0 Å². The second-order valence-corrected chi connectivity index (χ2v) is 0.789.